The van der Waals surface area contributed by atoms with Gasteiger partial charge >= 0.3 is 23.9 Å². The van der Waals surface area contributed by atoms with Crippen LogP contribution in [0.2, 0.25) is 0 Å². The Morgan fingerprint density at radius 1 is 0.714 bits per heavy atom. The molecule has 9 aliphatic rings. The third-order valence-electron chi connectivity index (χ3n) is 14.6. The Morgan fingerprint density at radius 2 is 1.21 bits per heavy atom. The fourth-order valence-corrected chi connectivity index (χ4v) is 13.1. The predicted molar refractivity (Wildman–Crippen MR) is 225 cm³/mol. The molecule has 8 bridgehead atoms. The summed E-state index contributed by atoms with van der Waals surface area (Å²) in [6.45, 7) is 13.0. The van der Waals surface area contributed by atoms with E-state index in [9.17, 15) is 24.3 Å². The highest BCUT2D eigenvalue weighted by Gasteiger charge is 2.61. The maximum Gasteiger partial charge on any atom is 0.351 e. The molecule has 328 valence electrons. The highest BCUT2D eigenvalue weighted by Crippen LogP contribution is 2.64. The van der Waals surface area contributed by atoms with E-state index in [0.717, 1.165) is 69.1 Å². The molecule has 0 aromatic heterocycles. The van der Waals surface area contributed by atoms with Crippen molar-refractivity contribution in [1.82, 2.24) is 0 Å². The van der Waals surface area contributed by atoms with Crippen LogP contribution in [0.4, 0.5) is 0 Å². The van der Waals surface area contributed by atoms with Crippen molar-refractivity contribution in [2.75, 3.05) is 0 Å². The minimum absolute atomic E-state index is 0. The molecule has 1 N–H and O–H groups in total. The Balaban J connectivity index is 0.00000261. The van der Waals surface area contributed by atoms with Crippen molar-refractivity contribution in [3.05, 3.63) is 0 Å². The van der Waals surface area contributed by atoms with Gasteiger partial charge in [0.15, 0.2) is 0 Å². The van der Waals surface area contributed by atoms with Gasteiger partial charge in [0.25, 0.3) is 0 Å². The first-order valence-electron chi connectivity index (χ1n) is 19.9. The first-order valence-corrected chi connectivity index (χ1v) is 19.9. The van der Waals surface area contributed by atoms with Crippen LogP contribution < -0.4 is 0 Å². The summed E-state index contributed by atoms with van der Waals surface area (Å²) < 4.78 is 24.3. The van der Waals surface area contributed by atoms with Crippen LogP contribution in [0.3, 0.4) is 0 Å². The van der Waals surface area contributed by atoms with E-state index < -0.39 is 63.7 Å². The topological polar surface area (TPSA) is 125 Å². The number of cyclic esters (lactones) is 1. The molecule has 0 radical (unpaired) electrons. The molecule has 9 fully saturated rings. The molecular weight excluding hydrogens is 709 g/mol. The Hall–Kier alpha value is -2.16. The molecule has 9 nitrogen and oxygen atoms in total. The van der Waals surface area contributed by atoms with Gasteiger partial charge in [-0.05, 0) is 154 Å². The standard InChI is InChI=1S/C41H62O9.6CH4/c1-8-30(33(43)47-37(5,6)39-15-25-10-26(16-39)12-27(11-25)17-39)14-31(9-24(2)32(42)48-38(7)22-36(3,4)50-35(38)45)34(44)49-41-20-28-13-29(21-41)19-40(46,18-28)23-41;;;;;;/h24-31,46H,8-23H2,1-7H3;6*1H4. The zero-order valence-corrected chi connectivity index (χ0v) is 31.6. The fraction of sp³-hybridized carbons (Fsp3) is 0.915. The second-order valence-corrected chi connectivity index (χ2v) is 20.1. The first-order chi connectivity index (χ1) is 23.2. The number of ether oxygens (including phenoxy) is 4. The van der Waals surface area contributed by atoms with Crippen molar-refractivity contribution in [2.45, 2.75) is 224 Å². The molecule has 9 heteroatoms. The molecule has 6 atom stereocenters. The van der Waals surface area contributed by atoms with E-state index in [1.165, 1.54) is 19.3 Å². The molecule has 1 saturated heterocycles. The Labute approximate surface area is 342 Å². The molecule has 0 aromatic rings. The summed E-state index contributed by atoms with van der Waals surface area (Å²) in [7, 11) is 0. The van der Waals surface area contributed by atoms with Gasteiger partial charge < -0.3 is 24.1 Å². The number of carbonyl (C=O) groups excluding carboxylic acids is 4. The molecule has 0 amide bonds. The molecule has 8 aliphatic carbocycles. The van der Waals surface area contributed by atoms with Gasteiger partial charge in [-0.1, -0.05) is 58.4 Å². The summed E-state index contributed by atoms with van der Waals surface area (Å²) in [6.07, 6.45) is 12.8. The number of esters is 4. The van der Waals surface area contributed by atoms with Crippen molar-refractivity contribution >= 4 is 23.9 Å². The number of hydrogen-bond donors (Lipinski definition) is 1. The Bertz CT molecular complexity index is 1350. The van der Waals surface area contributed by atoms with Crippen molar-refractivity contribution in [2.24, 2.45) is 52.8 Å². The minimum Gasteiger partial charge on any atom is -0.459 e. The zero-order chi connectivity index (χ0) is 36.1. The van der Waals surface area contributed by atoms with Crippen LogP contribution in [0.5, 0.6) is 0 Å². The number of rotatable bonds is 12. The normalized spacial score (nSPS) is 37.9. The van der Waals surface area contributed by atoms with Gasteiger partial charge in [0, 0.05) is 18.3 Å². The van der Waals surface area contributed by atoms with E-state index in [2.05, 4.69) is 13.8 Å². The van der Waals surface area contributed by atoms with Gasteiger partial charge in [-0.3, -0.25) is 14.4 Å². The molecule has 6 unspecified atom stereocenters. The molecule has 56 heavy (non-hydrogen) atoms. The van der Waals surface area contributed by atoms with Crippen LogP contribution >= 0.6 is 0 Å². The minimum atomic E-state index is -1.40. The van der Waals surface area contributed by atoms with E-state index in [1.807, 2.05) is 6.92 Å². The second-order valence-electron chi connectivity index (χ2n) is 20.1. The number of carbonyl (C=O) groups is 4. The van der Waals surface area contributed by atoms with Gasteiger partial charge in [0.1, 0.15) is 16.8 Å². The van der Waals surface area contributed by atoms with Crippen LogP contribution in [-0.2, 0) is 38.1 Å². The summed E-state index contributed by atoms with van der Waals surface area (Å²) in [4.78, 5) is 54.7. The molecule has 0 spiro atoms. The van der Waals surface area contributed by atoms with Crippen LogP contribution in [0.1, 0.15) is 196 Å². The summed E-state index contributed by atoms with van der Waals surface area (Å²) in [5.41, 5.74) is -4.28. The highest BCUT2D eigenvalue weighted by molar-refractivity contribution is 5.86. The van der Waals surface area contributed by atoms with E-state index in [1.54, 1.807) is 27.7 Å². The lowest BCUT2D eigenvalue weighted by atomic mass is 9.46. The van der Waals surface area contributed by atoms with Crippen LogP contribution in [0.15, 0.2) is 0 Å². The monoisotopic (exact) mass is 795 g/mol. The maximum absolute atomic E-state index is 14.3. The van der Waals surface area contributed by atoms with E-state index in [-0.39, 0.29) is 75.2 Å². The molecule has 9 rings (SSSR count). The third kappa shape index (κ3) is 9.65. The first kappa shape index (κ1) is 51.9. The molecule has 8 saturated carbocycles. The van der Waals surface area contributed by atoms with Crippen molar-refractivity contribution in [1.29, 1.82) is 0 Å². The van der Waals surface area contributed by atoms with Gasteiger partial charge in [0.05, 0.1) is 23.4 Å². The van der Waals surface area contributed by atoms with E-state index in [0.29, 0.717) is 24.7 Å². The fourth-order valence-electron chi connectivity index (χ4n) is 13.1. The average molecular weight is 795 g/mol. The average Bonchev–Trinajstić information content (AvgIpc) is 3.17. The van der Waals surface area contributed by atoms with Crippen molar-refractivity contribution in [3.8, 4) is 0 Å². The van der Waals surface area contributed by atoms with Gasteiger partial charge in [-0.25, -0.2) is 4.79 Å². The second kappa shape index (κ2) is 17.6. The van der Waals surface area contributed by atoms with Crippen LogP contribution in [-0.4, -0.2) is 57.0 Å². The van der Waals surface area contributed by atoms with Gasteiger partial charge in [-0.2, -0.15) is 0 Å². The Morgan fingerprint density at radius 3 is 1.66 bits per heavy atom. The number of aliphatic hydroxyl groups is 1. The van der Waals surface area contributed by atoms with Gasteiger partial charge in [0.2, 0.25) is 5.60 Å². The quantitative estimate of drug-likeness (QED) is 0.152. The summed E-state index contributed by atoms with van der Waals surface area (Å²) in [6, 6.07) is 0. The largest absolute Gasteiger partial charge is 0.459 e. The van der Waals surface area contributed by atoms with Crippen LogP contribution in [0, 0.1) is 52.8 Å². The van der Waals surface area contributed by atoms with Crippen LogP contribution in [0.25, 0.3) is 0 Å². The lowest BCUT2D eigenvalue weighted by molar-refractivity contribution is -0.223. The zero-order valence-electron chi connectivity index (χ0n) is 31.6. The molecule has 1 heterocycles. The van der Waals surface area contributed by atoms with Crippen molar-refractivity contribution < 1.29 is 43.2 Å². The van der Waals surface area contributed by atoms with E-state index >= 15 is 0 Å². The molecular formula is C47H86O9. The van der Waals surface area contributed by atoms with E-state index in [4.69, 9.17) is 18.9 Å². The predicted octanol–water partition coefficient (Wildman–Crippen LogP) is 11.1. The number of hydrogen-bond acceptors (Lipinski definition) is 9. The lowest BCUT2D eigenvalue weighted by Crippen LogP contribution is -2.60. The third-order valence-corrected chi connectivity index (χ3v) is 14.6. The summed E-state index contributed by atoms with van der Waals surface area (Å²) >= 11 is 0. The summed E-state index contributed by atoms with van der Waals surface area (Å²) in [5, 5.41) is 11.4. The Kier molecular flexibility index (Phi) is 16.3. The maximum atomic E-state index is 14.3. The smallest absolute Gasteiger partial charge is 0.351 e. The van der Waals surface area contributed by atoms with Crippen molar-refractivity contribution in [3.63, 3.8) is 0 Å². The lowest BCUT2D eigenvalue weighted by Gasteiger charge is -2.61. The molecule has 1 aliphatic heterocycles. The molecule has 0 aromatic carbocycles. The summed E-state index contributed by atoms with van der Waals surface area (Å²) in [5.74, 6) is -1.06. The highest BCUT2D eigenvalue weighted by atomic mass is 16.6. The SMILES string of the molecule is C.C.C.C.C.C.CCC(CC(CC(C)C(=O)OC1(C)CC(C)(C)OC1=O)C(=O)OC12CC3CC(CC(O)(C3)C1)C2)C(=O)OC(C)(C)C12CC3CC(CC(C3)C1)C2. The van der Waals surface area contributed by atoms with Gasteiger partial charge in [-0.15, -0.1) is 0 Å².